The minimum atomic E-state index is -1.09. The normalized spacial score (nSPS) is 12.1. The summed E-state index contributed by atoms with van der Waals surface area (Å²) in [6.07, 6.45) is -1.03. The highest BCUT2D eigenvalue weighted by molar-refractivity contribution is 6.30. The van der Waals surface area contributed by atoms with E-state index < -0.39 is 12.1 Å². The molecule has 0 bridgehead atoms. The van der Waals surface area contributed by atoms with Crippen LogP contribution in [0.4, 0.5) is 0 Å². The minimum Gasteiger partial charge on any atom is -0.478 e. The summed E-state index contributed by atoms with van der Waals surface area (Å²) in [5.74, 6) is -0.692. The van der Waals surface area contributed by atoms with Crippen molar-refractivity contribution in [3.8, 4) is 5.75 Å². The topological polar surface area (TPSA) is 72.5 Å². The van der Waals surface area contributed by atoms with Gasteiger partial charge in [-0.3, -0.25) is 0 Å². The van der Waals surface area contributed by atoms with E-state index in [2.05, 4.69) is 0 Å². The standard InChI is InChI=1S/C9H10ClNO3/c10-6-2-1-3-7(4-6)14-8(5-11)9(12)13/h1-4,8H,5,11H2,(H,12,13)/t8-/m0/s1. The summed E-state index contributed by atoms with van der Waals surface area (Å²) in [5, 5.41) is 9.16. The number of benzene rings is 1. The Hall–Kier alpha value is -1.26. The van der Waals surface area contributed by atoms with Crippen LogP contribution < -0.4 is 10.5 Å². The number of rotatable bonds is 4. The molecular weight excluding hydrogens is 206 g/mol. The van der Waals surface area contributed by atoms with Crippen molar-refractivity contribution in [2.24, 2.45) is 5.73 Å². The zero-order valence-electron chi connectivity index (χ0n) is 7.31. The van der Waals surface area contributed by atoms with Crippen molar-refractivity contribution in [2.75, 3.05) is 6.54 Å². The number of ether oxygens (including phenoxy) is 1. The van der Waals surface area contributed by atoms with Gasteiger partial charge in [-0.15, -0.1) is 0 Å². The van der Waals surface area contributed by atoms with Crippen molar-refractivity contribution >= 4 is 17.6 Å². The minimum absolute atomic E-state index is 0.0815. The Balaban J connectivity index is 2.72. The zero-order chi connectivity index (χ0) is 10.6. The number of aliphatic carboxylic acids is 1. The summed E-state index contributed by atoms with van der Waals surface area (Å²) in [6, 6.07) is 6.50. The van der Waals surface area contributed by atoms with Gasteiger partial charge in [-0.05, 0) is 18.2 Å². The Bertz CT molecular complexity index is 330. The molecule has 0 aliphatic carbocycles. The van der Waals surface area contributed by atoms with Crippen LogP contribution >= 0.6 is 11.6 Å². The van der Waals surface area contributed by atoms with Crippen LogP contribution in [0.25, 0.3) is 0 Å². The fourth-order valence-electron chi connectivity index (χ4n) is 0.904. The Kier molecular flexibility index (Phi) is 3.73. The fourth-order valence-corrected chi connectivity index (χ4v) is 1.08. The van der Waals surface area contributed by atoms with E-state index in [1.165, 1.54) is 6.07 Å². The molecule has 1 aromatic rings. The highest BCUT2D eigenvalue weighted by Gasteiger charge is 2.16. The Morgan fingerprint density at radius 2 is 2.36 bits per heavy atom. The molecule has 0 aromatic heterocycles. The average Bonchev–Trinajstić information content (AvgIpc) is 2.14. The predicted octanol–water partition coefficient (Wildman–Crippen LogP) is 1.13. The first-order chi connectivity index (χ1) is 6.63. The largest absolute Gasteiger partial charge is 0.478 e. The molecular formula is C9H10ClNO3. The van der Waals surface area contributed by atoms with Gasteiger partial charge >= 0.3 is 5.97 Å². The maximum absolute atomic E-state index is 10.6. The number of halogens is 1. The van der Waals surface area contributed by atoms with E-state index in [1.54, 1.807) is 18.2 Å². The van der Waals surface area contributed by atoms with Crippen LogP contribution in [-0.4, -0.2) is 23.7 Å². The van der Waals surface area contributed by atoms with Gasteiger partial charge in [0.25, 0.3) is 0 Å². The van der Waals surface area contributed by atoms with E-state index in [4.69, 9.17) is 27.2 Å². The molecule has 1 aromatic carbocycles. The monoisotopic (exact) mass is 215 g/mol. The van der Waals surface area contributed by atoms with E-state index in [0.29, 0.717) is 10.8 Å². The summed E-state index contributed by atoms with van der Waals surface area (Å²) in [5.41, 5.74) is 5.22. The van der Waals surface area contributed by atoms with Crippen LogP contribution in [0.2, 0.25) is 5.02 Å². The van der Waals surface area contributed by atoms with E-state index in [0.717, 1.165) is 0 Å². The van der Waals surface area contributed by atoms with Crippen LogP contribution in [0.1, 0.15) is 0 Å². The van der Waals surface area contributed by atoms with Gasteiger partial charge in [0.15, 0.2) is 0 Å². The third kappa shape index (κ3) is 2.90. The lowest BCUT2D eigenvalue weighted by molar-refractivity contribution is -0.144. The van der Waals surface area contributed by atoms with Crippen molar-refractivity contribution in [2.45, 2.75) is 6.10 Å². The Morgan fingerprint density at radius 3 is 2.86 bits per heavy atom. The predicted molar refractivity (Wildman–Crippen MR) is 52.6 cm³/mol. The summed E-state index contributed by atoms with van der Waals surface area (Å²) < 4.78 is 5.10. The molecule has 76 valence electrons. The van der Waals surface area contributed by atoms with Crippen molar-refractivity contribution in [1.82, 2.24) is 0 Å². The molecule has 0 amide bonds. The lowest BCUT2D eigenvalue weighted by Gasteiger charge is -2.12. The highest BCUT2D eigenvalue weighted by atomic mass is 35.5. The first-order valence-corrected chi connectivity index (χ1v) is 4.36. The lowest BCUT2D eigenvalue weighted by atomic mass is 10.3. The maximum atomic E-state index is 10.6. The zero-order valence-corrected chi connectivity index (χ0v) is 8.07. The number of carboxylic acids is 1. The van der Waals surface area contributed by atoms with Crippen LogP contribution in [0.3, 0.4) is 0 Å². The van der Waals surface area contributed by atoms with Crippen LogP contribution in [0, 0.1) is 0 Å². The summed E-state index contributed by atoms with van der Waals surface area (Å²) in [7, 11) is 0. The first-order valence-electron chi connectivity index (χ1n) is 3.98. The van der Waals surface area contributed by atoms with Gasteiger partial charge in [-0.25, -0.2) is 4.79 Å². The molecule has 0 radical (unpaired) electrons. The van der Waals surface area contributed by atoms with Gasteiger partial charge in [0.2, 0.25) is 6.10 Å². The molecule has 0 heterocycles. The van der Waals surface area contributed by atoms with Gasteiger partial charge in [0.05, 0.1) is 0 Å². The second kappa shape index (κ2) is 4.83. The lowest BCUT2D eigenvalue weighted by Crippen LogP contribution is -2.34. The molecule has 4 nitrogen and oxygen atoms in total. The van der Waals surface area contributed by atoms with E-state index in [1.807, 2.05) is 0 Å². The summed E-state index contributed by atoms with van der Waals surface area (Å²) >= 11 is 5.69. The van der Waals surface area contributed by atoms with Crippen molar-refractivity contribution in [3.05, 3.63) is 29.3 Å². The molecule has 14 heavy (non-hydrogen) atoms. The van der Waals surface area contributed by atoms with Crippen LogP contribution in [0.5, 0.6) is 5.75 Å². The van der Waals surface area contributed by atoms with Gasteiger partial charge in [0.1, 0.15) is 5.75 Å². The number of hydrogen-bond acceptors (Lipinski definition) is 3. The number of nitrogens with two attached hydrogens (primary N) is 1. The average molecular weight is 216 g/mol. The van der Waals surface area contributed by atoms with E-state index in [9.17, 15) is 4.79 Å². The van der Waals surface area contributed by atoms with Gasteiger partial charge in [0, 0.05) is 11.6 Å². The summed E-state index contributed by atoms with van der Waals surface area (Å²) in [6.45, 7) is -0.0815. The Labute approximate surface area is 86.2 Å². The molecule has 0 aliphatic heterocycles. The van der Waals surface area contributed by atoms with E-state index in [-0.39, 0.29) is 6.54 Å². The van der Waals surface area contributed by atoms with Crippen molar-refractivity contribution in [1.29, 1.82) is 0 Å². The van der Waals surface area contributed by atoms with Gasteiger partial charge < -0.3 is 15.6 Å². The fraction of sp³-hybridized carbons (Fsp3) is 0.222. The van der Waals surface area contributed by atoms with Crippen LogP contribution in [0.15, 0.2) is 24.3 Å². The molecule has 1 rings (SSSR count). The molecule has 0 saturated carbocycles. The quantitative estimate of drug-likeness (QED) is 0.790. The maximum Gasteiger partial charge on any atom is 0.346 e. The summed E-state index contributed by atoms with van der Waals surface area (Å²) in [4.78, 5) is 10.6. The smallest absolute Gasteiger partial charge is 0.346 e. The van der Waals surface area contributed by atoms with E-state index >= 15 is 0 Å². The molecule has 0 saturated heterocycles. The van der Waals surface area contributed by atoms with Crippen molar-refractivity contribution in [3.63, 3.8) is 0 Å². The number of carboxylic acid groups (broad SMARTS) is 1. The second-order valence-corrected chi connectivity index (χ2v) is 3.07. The second-order valence-electron chi connectivity index (χ2n) is 2.64. The molecule has 3 N–H and O–H groups in total. The SMILES string of the molecule is NC[C@H](Oc1cccc(Cl)c1)C(=O)O. The number of carbonyl (C=O) groups is 1. The molecule has 0 unspecified atom stereocenters. The third-order valence-corrected chi connectivity index (χ3v) is 1.80. The molecule has 1 atom stereocenters. The van der Waals surface area contributed by atoms with Crippen LogP contribution in [-0.2, 0) is 4.79 Å². The molecule has 0 spiro atoms. The molecule has 5 heteroatoms. The molecule has 0 aliphatic rings. The van der Waals surface area contributed by atoms with Gasteiger partial charge in [-0.2, -0.15) is 0 Å². The highest BCUT2D eigenvalue weighted by Crippen LogP contribution is 2.18. The molecule has 0 fully saturated rings. The number of hydrogen-bond donors (Lipinski definition) is 2. The Morgan fingerprint density at radius 1 is 1.64 bits per heavy atom. The third-order valence-electron chi connectivity index (χ3n) is 1.56. The van der Waals surface area contributed by atoms with Crippen molar-refractivity contribution < 1.29 is 14.6 Å². The van der Waals surface area contributed by atoms with Gasteiger partial charge in [-0.1, -0.05) is 17.7 Å². The first kappa shape index (κ1) is 10.8.